The van der Waals surface area contributed by atoms with Crippen LogP contribution < -0.4 is 10.5 Å². The second kappa shape index (κ2) is 14.6. The molecule has 0 aromatic heterocycles. The summed E-state index contributed by atoms with van der Waals surface area (Å²) in [5, 5.41) is 16.0. The van der Waals surface area contributed by atoms with Gasteiger partial charge in [-0.25, -0.2) is 0 Å². The topological polar surface area (TPSA) is 83.8 Å². The molecule has 0 saturated carbocycles. The quantitative estimate of drug-likeness (QED) is 0.143. The molecule has 2 rings (SSSR count). The van der Waals surface area contributed by atoms with E-state index >= 15 is 0 Å². The van der Waals surface area contributed by atoms with E-state index in [-0.39, 0.29) is 5.17 Å². The fourth-order valence-electron chi connectivity index (χ4n) is 2.96. The van der Waals surface area contributed by atoms with Gasteiger partial charge in [-0.15, -0.1) is 0 Å². The van der Waals surface area contributed by atoms with Crippen LogP contribution in [0, 0.1) is 5.41 Å². The Kier molecular flexibility index (Phi) is 11.7. The number of hydrogen-bond acceptors (Lipinski definition) is 5. The van der Waals surface area contributed by atoms with E-state index in [1.54, 1.807) is 0 Å². The first-order valence-corrected chi connectivity index (χ1v) is 11.9. The van der Waals surface area contributed by atoms with Gasteiger partial charge in [0.05, 0.1) is 18.0 Å². The fourth-order valence-corrected chi connectivity index (χ4v) is 3.53. The number of nitrogens with zero attached hydrogens (tertiary/aromatic N) is 2. The zero-order chi connectivity index (χ0) is 21.4. The molecule has 2 aromatic carbocycles. The van der Waals surface area contributed by atoms with Gasteiger partial charge in [0, 0.05) is 5.75 Å². The first kappa shape index (κ1) is 23.9. The van der Waals surface area contributed by atoms with Crippen LogP contribution >= 0.6 is 11.8 Å². The molecule has 0 saturated heterocycles. The van der Waals surface area contributed by atoms with E-state index in [1.165, 1.54) is 43.0 Å². The van der Waals surface area contributed by atoms with Gasteiger partial charge in [-0.1, -0.05) is 50.1 Å². The molecule has 0 aliphatic heterocycles. The Morgan fingerprint density at radius 2 is 1.50 bits per heavy atom. The summed E-state index contributed by atoms with van der Waals surface area (Å²) in [5.74, 6) is 1.75. The molecule has 0 fully saturated rings. The number of benzene rings is 2. The molecule has 6 heteroatoms. The Bertz CT molecular complexity index is 760. The van der Waals surface area contributed by atoms with Crippen LogP contribution in [-0.4, -0.2) is 17.5 Å². The normalized spacial score (nSPS) is 11.1. The Morgan fingerprint density at radius 1 is 0.867 bits per heavy atom. The van der Waals surface area contributed by atoms with Crippen molar-refractivity contribution in [1.82, 2.24) is 0 Å². The zero-order valence-corrected chi connectivity index (χ0v) is 18.8. The molecule has 162 valence electrons. The van der Waals surface area contributed by atoms with Gasteiger partial charge >= 0.3 is 0 Å². The lowest BCUT2D eigenvalue weighted by molar-refractivity contribution is 0.306. The molecular weight excluding hydrogens is 392 g/mol. The standard InChI is InChI=1S/C24H34N4OS/c1-2-3-4-6-9-20-10-12-21(13-11-20)27-28-22-14-16-23(17-15-22)29-18-7-5-8-19-30-24(25)26/h10-17H,2-9,18-19H2,1H3,(H3,25,26). The molecule has 3 N–H and O–H groups in total. The lowest BCUT2D eigenvalue weighted by atomic mass is 10.1. The summed E-state index contributed by atoms with van der Waals surface area (Å²) in [6, 6.07) is 16.1. The fraction of sp³-hybridized carbons (Fsp3) is 0.458. The van der Waals surface area contributed by atoms with Crippen molar-refractivity contribution in [2.75, 3.05) is 12.4 Å². The Morgan fingerprint density at radius 3 is 2.13 bits per heavy atom. The van der Waals surface area contributed by atoms with Crippen LogP contribution in [0.4, 0.5) is 11.4 Å². The molecule has 0 bridgehead atoms. The third kappa shape index (κ3) is 10.4. The van der Waals surface area contributed by atoms with Crippen LogP contribution in [-0.2, 0) is 6.42 Å². The molecule has 2 aromatic rings. The maximum absolute atomic E-state index is 7.16. The molecule has 0 radical (unpaired) electrons. The van der Waals surface area contributed by atoms with Crippen molar-refractivity contribution < 1.29 is 4.74 Å². The third-order valence-electron chi connectivity index (χ3n) is 4.69. The Hall–Kier alpha value is -2.34. The average Bonchev–Trinajstić information content (AvgIpc) is 2.76. The molecule has 0 aliphatic carbocycles. The second-order valence-corrected chi connectivity index (χ2v) is 8.43. The van der Waals surface area contributed by atoms with Crippen LogP contribution in [0.5, 0.6) is 5.75 Å². The molecule has 0 atom stereocenters. The number of amidine groups is 1. The minimum absolute atomic E-state index is 0.193. The van der Waals surface area contributed by atoms with Crippen LogP contribution in [0.25, 0.3) is 0 Å². The minimum Gasteiger partial charge on any atom is -0.494 e. The summed E-state index contributed by atoms with van der Waals surface area (Å²) in [7, 11) is 0. The smallest absolute Gasteiger partial charge is 0.151 e. The highest BCUT2D eigenvalue weighted by Gasteiger charge is 1.98. The number of azo groups is 1. The summed E-state index contributed by atoms with van der Waals surface area (Å²) < 4.78 is 5.77. The predicted octanol–water partition coefficient (Wildman–Crippen LogP) is 7.40. The van der Waals surface area contributed by atoms with E-state index in [4.69, 9.17) is 15.9 Å². The van der Waals surface area contributed by atoms with Gasteiger partial charge in [0.25, 0.3) is 0 Å². The maximum atomic E-state index is 7.16. The average molecular weight is 427 g/mol. The van der Waals surface area contributed by atoms with Gasteiger partial charge in [-0.2, -0.15) is 10.2 Å². The van der Waals surface area contributed by atoms with Gasteiger partial charge in [-0.05, 0) is 74.1 Å². The third-order valence-corrected chi connectivity index (χ3v) is 5.49. The van der Waals surface area contributed by atoms with Gasteiger partial charge in [0.15, 0.2) is 5.17 Å². The van der Waals surface area contributed by atoms with E-state index < -0.39 is 0 Å². The van der Waals surface area contributed by atoms with Gasteiger partial charge in [0.2, 0.25) is 0 Å². The van der Waals surface area contributed by atoms with Crippen LogP contribution in [0.15, 0.2) is 58.8 Å². The first-order valence-electron chi connectivity index (χ1n) is 10.9. The number of nitrogens with one attached hydrogen (secondary N) is 1. The second-order valence-electron chi connectivity index (χ2n) is 7.29. The predicted molar refractivity (Wildman–Crippen MR) is 129 cm³/mol. The number of ether oxygens (including phenoxy) is 1. The SMILES string of the molecule is CCCCCCc1ccc(N=Nc2ccc(OCCCCCSC(=N)N)cc2)cc1. The van der Waals surface area contributed by atoms with E-state index in [2.05, 4.69) is 29.3 Å². The van der Waals surface area contributed by atoms with E-state index in [0.717, 1.165) is 48.6 Å². The van der Waals surface area contributed by atoms with Crippen molar-refractivity contribution in [2.24, 2.45) is 16.0 Å². The lowest BCUT2D eigenvalue weighted by Crippen LogP contribution is -2.04. The number of aryl methyl sites for hydroxylation is 1. The highest BCUT2D eigenvalue weighted by Crippen LogP contribution is 2.22. The number of rotatable bonds is 14. The Labute approximate surface area is 185 Å². The first-order chi connectivity index (χ1) is 14.7. The van der Waals surface area contributed by atoms with E-state index in [1.807, 2.05) is 36.4 Å². The molecular formula is C24H34N4OS. The van der Waals surface area contributed by atoms with E-state index in [9.17, 15) is 0 Å². The largest absolute Gasteiger partial charge is 0.494 e. The summed E-state index contributed by atoms with van der Waals surface area (Å²) >= 11 is 1.40. The van der Waals surface area contributed by atoms with E-state index in [0.29, 0.717) is 6.61 Å². The van der Waals surface area contributed by atoms with Crippen molar-refractivity contribution >= 4 is 28.3 Å². The molecule has 0 aliphatic rings. The number of unbranched alkanes of at least 4 members (excludes halogenated alkanes) is 5. The van der Waals surface area contributed by atoms with Crippen LogP contribution in [0.3, 0.4) is 0 Å². The maximum Gasteiger partial charge on any atom is 0.151 e. The molecule has 0 heterocycles. The monoisotopic (exact) mass is 426 g/mol. The highest BCUT2D eigenvalue weighted by molar-refractivity contribution is 8.13. The number of hydrogen-bond donors (Lipinski definition) is 2. The summed E-state index contributed by atoms with van der Waals surface area (Å²) in [6.45, 7) is 2.93. The minimum atomic E-state index is 0.193. The zero-order valence-electron chi connectivity index (χ0n) is 18.0. The van der Waals surface area contributed by atoms with Crippen LogP contribution in [0.1, 0.15) is 57.4 Å². The van der Waals surface area contributed by atoms with Gasteiger partial charge in [0.1, 0.15) is 5.75 Å². The summed E-state index contributed by atoms with van der Waals surface area (Å²) in [4.78, 5) is 0. The van der Waals surface area contributed by atoms with Crippen LogP contribution in [0.2, 0.25) is 0 Å². The molecule has 0 amide bonds. The van der Waals surface area contributed by atoms with Crippen molar-refractivity contribution in [2.45, 2.75) is 58.3 Å². The molecule has 30 heavy (non-hydrogen) atoms. The Balaban J connectivity index is 1.68. The molecule has 0 unspecified atom stereocenters. The summed E-state index contributed by atoms with van der Waals surface area (Å²) in [6.07, 6.45) is 9.40. The molecule has 0 spiro atoms. The van der Waals surface area contributed by atoms with Crippen molar-refractivity contribution in [1.29, 1.82) is 5.41 Å². The molecule has 5 nitrogen and oxygen atoms in total. The highest BCUT2D eigenvalue weighted by atomic mass is 32.2. The number of thioether (sulfide) groups is 1. The van der Waals surface area contributed by atoms with Crippen molar-refractivity contribution in [3.05, 3.63) is 54.1 Å². The van der Waals surface area contributed by atoms with Crippen molar-refractivity contribution in [3.8, 4) is 5.75 Å². The van der Waals surface area contributed by atoms with Crippen molar-refractivity contribution in [3.63, 3.8) is 0 Å². The number of nitrogens with two attached hydrogens (primary N) is 1. The lowest BCUT2D eigenvalue weighted by Gasteiger charge is -2.06. The van der Waals surface area contributed by atoms with Gasteiger partial charge in [-0.3, -0.25) is 5.41 Å². The van der Waals surface area contributed by atoms with Gasteiger partial charge < -0.3 is 10.5 Å². The summed E-state index contributed by atoms with van der Waals surface area (Å²) in [5.41, 5.74) is 8.36.